The number of ether oxygens (including phenoxy) is 3. The molecule has 1 N–H and O–H groups in total. The average Bonchev–Trinajstić information content (AvgIpc) is 2.73. The highest BCUT2D eigenvalue weighted by Crippen LogP contribution is 2.29. The lowest BCUT2D eigenvalue weighted by Gasteiger charge is -2.39. The van der Waals surface area contributed by atoms with Crippen molar-refractivity contribution in [3.05, 3.63) is 23.8 Å². The van der Waals surface area contributed by atoms with Gasteiger partial charge < -0.3 is 24.2 Å². The molecule has 1 amide bonds. The van der Waals surface area contributed by atoms with E-state index >= 15 is 0 Å². The highest BCUT2D eigenvalue weighted by Gasteiger charge is 2.29. The van der Waals surface area contributed by atoms with Crippen LogP contribution in [-0.4, -0.2) is 111 Å². The van der Waals surface area contributed by atoms with E-state index in [9.17, 15) is 9.90 Å². The number of β-amino-alcohol motifs (C(OH)–C–C–N with tert-alkyl or cyclic N) is 1. The fourth-order valence-electron chi connectivity index (χ4n) is 4.07. The van der Waals surface area contributed by atoms with Crippen LogP contribution in [0.3, 0.4) is 0 Å². The summed E-state index contributed by atoms with van der Waals surface area (Å²) in [5.41, 5.74) is 0.482. The Morgan fingerprint density at radius 2 is 1.79 bits per heavy atom. The molecule has 2 fully saturated rings. The zero-order valence-electron chi connectivity index (χ0n) is 17.7. The summed E-state index contributed by atoms with van der Waals surface area (Å²) < 4.78 is 16.7. The van der Waals surface area contributed by atoms with E-state index in [-0.39, 0.29) is 18.1 Å². The van der Waals surface area contributed by atoms with E-state index in [4.69, 9.17) is 14.2 Å². The Balaban J connectivity index is 1.54. The summed E-state index contributed by atoms with van der Waals surface area (Å²) in [6.45, 7) is 8.67. The molecule has 8 heteroatoms. The molecule has 2 heterocycles. The minimum atomic E-state index is -0.324. The van der Waals surface area contributed by atoms with Gasteiger partial charge in [0.1, 0.15) is 17.1 Å². The molecule has 2 saturated heterocycles. The number of morpholine rings is 1. The van der Waals surface area contributed by atoms with Crippen LogP contribution in [0.5, 0.6) is 11.5 Å². The molecule has 0 bridgehead atoms. The van der Waals surface area contributed by atoms with Crippen LogP contribution in [0, 0.1) is 0 Å². The van der Waals surface area contributed by atoms with Crippen molar-refractivity contribution in [2.45, 2.75) is 19.1 Å². The third-order valence-corrected chi connectivity index (χ3v) is 5.51. The fraction of sp³-hybridized carbons (Fsp3) is 0.667. The predicted molar refractivity (Wildman–Crippen MR) is 110 cm³/mol. The van der Waals surface area contributed by atoms with Crippen LogP contribution in [0.4, 0.5) is 0 Å². The molecule has 2 aliphatic heterocycles. The molecule has 3 rings (SSSR count). The van der Waals surface area contributed by atoms with E-state index in [1.165, 1.54) is 0 Å². The Bertz CT molecular complexity index is 654. The van der Waals surface area contributed by atoms with Crippen molar-refractivity contribution in [2.24, 2.45) is 0 Å². The van der Waals surface area contributed by atoms with Crippen LogP contribution in [0.25, 0.3) is 0 Å². The van der Waals surface area contributed by atoms with Crippen LogP contribution in [-0.2, 0) is 4.74 Å². The number of nitrogens with zero attached hydrogens (tertiary/aromatic N) is 3. The lowest BCUT2D eigenvalue weighted by molar-refractivity contribution is -0.0551. The minimum Gasteiger partial charge on any atom is -0.496 e. The van der Waals surface area contributed by atoms with Crippen molar-refractivity contribution in [3.8, 4) is 11.5 Å². The van der Waals surface area contributed by atoms with Crippen molar-refractivity contribution in [1.82, 2.24) is 14.7 Å². The van der Waals surface area contributed by atoms with E-state index in [0.29, 0.717) is 43.3 Å². The topological polar surface area (TPSA) is 74.7 Å². The second-order valence-corrected chi connectivity index (χ2v) is 7.73. The maximum Gasteiger partial charge on any atom is 0.261 e. The Morgan fingerprint density at radius 3 is 2.38 bits per heavy atom. The molecule has 0 aromatic heterocycles. The molecule has 162 valence electrons. The van der Waals surface area contributed by atoms with Gasteiger partial charge in [0.15, 0.2) is 0 Å². The SMILES string of the molecule is COc1cccc(OC)c1C(=O)N1CCN(C[C@H]2CN(C[C@H](C)O)CCO2)CC1. The normalized spacial score (nSPS) is 22.3. The summed E-state index contributed by atoms with van der Waals surface area (Å²) >= 11 is 0. The first-order chi connectivity index (χ1) is 14.0. The molecule has 0 radical (unpaired) electrons. The Kier molecular flexibility index (Phi) is 7.71. The third kappa shape index (κ3) is 5.60. The summed E-state index contributed by atoms with van der Waals surface area (Å²) in [5, 5.41) is 9.61. The first kappa shape index (κ1) is 21.8. The van der Waals surface area contributed by atoms with Crippen molar-refractivity contribution < 1.29 is 24.1 Å². The zero-order chi connectivity index (χ0) is 20.8. The van der Waals surface area contributed by atoms with Gasteiger partial charge in [0, 0.05) is 52.4 Å². The number of aliphatic hydroxyl groups excluding tert-OH is 1. The maximum absolute atomic E-state index is 13.1. The number of methoxy groups -OCH3 is 2. The van der Waals surface area contributed by atoms with Gasteiger partial charge in [0.2, 0.25) is 0 Å². The van der Waals surface area contributed by atoms with Gasteiger partial charge in [0.05, 0.1) is 33.0 Å². The fourth-order valence-corrected chi connectivity index (χ4v) is 4.07. The Labute approximate surface area is 172 Å². The van der Waals surface area contributed by atoms with Gasteiger partial charge in [-0.25, -0.2) is 0 Å². The van der Waals surface area contributed by atoms with Crippen LogP contribution in [0.15, 0.2) is 18.2 Å². The lowest BCUT2D eigenvalue weighted by atomic mass is 10.1. The predicted octanol–water partition coefficient (Wildman–Crippen LogP) is 0.543. The van der Waals surface area contributed by atoms with Crippen LogP contribution in [0.2, 0.25) is 0 Å². The molecule has 2 aliphatic rings. The number of benzene rings is 1. The van der Waals surface area contributed by atoms with E-state index in [0.717, 1.165) is 32.7 Å². The molecule has 1 aromatic carbocycles. The third-order valence-electron chi connectivity index (χ3n) is 5.51. The second-order valence-electron chi connectivity index (χ2n) is 7.73. The summed E-state index contributed by atoms with van der Waals surface area (Å²) in [6, 6.07) is 5.38. The summed E-state index contributed by atoms with van der Waals surface area (Å²) in [5.74, 6) is 1.01. The van der Waals surface area contributed by atoms with Crippen LogP contribution >= 0.6 is 0 Å². The van der Waals surface area contributed by atoms with Crippen molar-refractivity contribution in [2.75, 3.05) is 73.2 Å². The first-order valence-electron chi connectivity index (χ1n) is 10.3. The summed E-state index contributed by atoms with van der Waals surface area (Å²) in [4.78, 5) is 19.6. The Morgan fingerprint density at radius 1 is 1.14 bits per heavy atom. The standard InChI is InChI=1S/C21H33N3O5/c1-16(25)13-23-11-12-29-17(15-23)14-22-7-9-24(10-8-22)21(26)20-18(27-2)5-4-6-19(20)28-3/h4-6,16-17,25H,7-15H2,1-3H3/t16-,17-/m0/s1. The van der Waals surface area contributed by atoms with Gasteiger partial charge in [-0.15, -0.1) is 0 Å². The van der Waals surface area contributed by atoms with Crippen molar-refractivity contribution >= 4 is 5.91 Å². The molecule has 0 saturated carbocycles. The number of carbonyl (C=O) groups excluding carboxylic acids is 1. The lowest BCUT2D eigenvalue weighted by Crippen LogP contribution is -2.54. The molecule has 0 unspecified atom stereocenters. The Hall–Kier alpha value is -1.87. The van der Waals surface area contributed by atoms with Gasteiger partial charge in [-0.3, -0.25) is 14.6 Å². The van der Waals surface area contributed by atoms with E-state index in [2.05, 4.69) is 9.80 Å². The molecule has 0 spiro atoms. The van der Waals surface area contributed by atoms with E-state index < -0.39 is 0 Å². The van der Waals surface area contributed by atoms with Crippen LogP contribution < -0.4 is 9.47 Å². The molecule has 1 aromatic rings. The van der Waals surface area contributed by atoms with E-state index in [1.54, 1.807) is 26.4 Å². The van der Waals surface area contributed by atoms with E-state index in [1.807, 2.05) is 17.9 Å². The minimum absolute atomic E-state index is 0.0593. The number of hydrogen-bond donors (Lipinski definition) is 1. The second kappa shape index (κ2) is 10.2. The summed E-state index contributed by atoms with van der Waals surface area (Å²) in [7, 11) is 3.13. The molecule has 8 nitrogen and oxygen atoms in total. The largest absolute Gasteiger partial charge is 0.496 e. The maximum atomic E-state index is 13.1. The number of hydrogen-bond acceptors (Lipinski definition) is 7. The van der Waals surface area contributed by atoms with Gasteiger partial charge in [-0.05, 0) is 19.1 Å². The van der Waals surface area contributed by atoms with Gasteiger partial charge in [-0.2, -0.15) is 0 Å². The smallest absolute Gasteiger partial charge is 0.261 e. The van der Waals surface area contributed by atoms with Gasteiger partial charge in [0.25, 0.3) is 5.91 Å². The van der Waals surface area contributed by atoms with Gasteiger partial charge in [-0.1, -0.05) is 6.07 Å². The summed E-state index contributed by atoms with van der Waals surface area (Å²) in [6.07, 6.45) is -0.186. The monoisotopic (exact) mass is 407 g/mol. The van der Waals surface area contributed by atoms with Crippen LogP contribution in [0.1, 0.15) is 17.3 Å². The molecular weight excluding hydrogens is 374 g/mol. The van der Waals surface area contributed by atoms with Crippen molar-refractivity contribution in [3.63, 3.8) is 0 Å². The highest BCUT2D eigenvalue weighted by atomic mass is 16.5. The van der Waals surface area contributed by atoms with Gasteiger partial charge >= 0.3 is 0 Å². The number of carbonyl (C=O) groups is 1. The first-order valence-corrected chi connectivity index (χ1v) is 10.3. The number of rotatable bonds is 7. The van der Waals surface area contributed by atoms with Crippen molar-refractivity contribution in [1.29, 1.82) is 0 Å². The number of piperazine rings is 1. The molecule has 0 aliphatic carbocycles. The average molecular weight is 408 g/mol. The molecular formula is C21H33N3O5. The molecule has 2 atom stereocenters. The number of amides is 1. The molecule has 29 heavy (non-hydrogen) atoms. The number of aliphatic hydroxyl groups is 1. The highest BCUT2D eigenvalue weighted by molar-refractivity contribution is 5.99. The quantitative estimate of drug-likeness (QED) is 0.707. The zero-order valence-corrected chi connectivity index (χ0v) is 17.7.